The van der Waals surface area contributed by atoms with E-state index in [0.29, 0.717) is 5.92 Å². The van der Waals surface area contributed by atoms with Crippen LogP contribution in [0.2, 0.25) is 0 Å². The highest BCUT2D eigenvalue weighted by Gasteiger charge is 2.51. The molecule has 0 atom stereocenters. The molecule has 0 bridgehead atoms. The number of thiophene rings is 1. The molecule has 1 amide bonds. The molecule has 2 heterocycles. The maximum absolute atomic E-state index is 12.1. The van der Waals surface area contributed by atoms with Crippen LogP contribution in [0.1, 0.15) is 50.2 Å². The van der Waals surface area contributed by atoms with Gasteiger partial charge in [0.05, 0.1) is 16.1 Å². The van der Waals surface area contributed by atoms with Gasteiger partial charge in [-0.2, -0.15) is 0 Å². The molecule has 0 spiro atoms. The molecule has 2 aliphatic rings. The van der Waals surface area contributed by atoms with Crippen LogP contribution >= 0.6 is 11.3 Å². The van der Waals surface area contributed by atoms with Crippen LogP contribution in [-0.4, -0.2) is 30.8 Å². The van der Waals surface area contributed by atoms with Crippen LogP contribution < -0.4 is 10.8 Å². The Balaban J connectivity index is 1.66. The maximum Gasteiger partial charge on any atom is 0.495 e. The maximum atomic E-state index is 12.1. The van der Waals surface area contributed by atoms with Crippen molar-refractivity contribution in [2.24, 2.45) is 5.92 Å². The topological polar surface area (TPSA) is 47.6 Å². The Morgan fingerprint density at radius 2 is 1.95 bits per heavy atom. The summed E-state index contributed by atoms with van der Waals surface area (Å²) in [6.45, 7) is 8.92. The van der Waals surface area contributed by atoms with Crippen LogP contribution in [-0.2, 0) is 9.31 Å². The van der Waals surface area contributed by atoms with Gasteiger partial charge < -0.3 is 14.6 Å². The third-order valence-electron chi connectivity index (χ3n) is 4.62. The molecule has 4 nitrogen and oxygen atoms in total. The Morgan fingerprint density at radius 1 is 1.33 bits per heavy atom. The molecule has 2 fully saturated rings. The normalized spacial score (nSPS) is 23.3. The van der Waals surface area contributed by atoms with Gasteiger partial charge in [-0.15, -0.1) is 11.3 Å². The zero-order valence-corrected chi connectivity index (χ0v) is 13.9. The van der Waals surface area contributed by atoms with Gasteiger partial charge >= 0.3 is 7.12 Å². The summed E-state index contributed by atoms with van der Waals surface area (Å²) in [6, 6.07) is 1.88. The number of rotatable bonds is 4. The van der Waals surface area contributed by atoms with Crippen LogP contribution in [0, 0.1) is 5.92 Å². The Morgan fingerprint density at radius 3 is 2.52 bits per heavy atom. The minimum atomic E-state index is -0.392. The van der Waals surface area contributed by atoms with Crippen LogP contribution in [0.4, 0.5) is 0 Å². The first kappa shape index (κ1) is 15.1. The van der Waals surface area contributed by atoms with E-state index >= 15 is 0 Å². The Labute approximate surface area is 130 Å². The first-order valence-electron chi connectivity index (χ1n) is 7.51. The lowest BCUT2D eigenvalue weighted by atomic mass is 9.81. The third-order valence-corrected chi connectivity index (χ3v) is 5.56. The van der Waals surface area contributed by atoms with Crippen molar-refractivity contribution >= 4 is 29.8 Å². The van der Waals surface area contributed by atoms with E-state index in [-0.39, 0.29) is 17.1 Å². The van der Waals surface area contributed by atoms with Gasteiger partial charge in [-0.1, -0.05) is 0 Å². The number of hydrogen-bond acceptors (Lipinski definition) is 4. The van der Waals surface area contributed by atoms with E-state index in [9.17, 15) is 4.79 Å². The SMILES string of the molecule is CC1(C)OB(c2csc(C(=O)NCC3CC3)c2)OC1(C)C. The van der Waals surface area contributed by atoms with Gasteiger partial charge in [-0.3, -0.25) is 4.79 Å². The van der Waals surface area contributed by atoms with Gasteiger partial charge in [0.25, 0.3) is 5.91 Å². The van der Waals surface area contributed by atoms with Gasteiger partial charge in [0.1, 0.15) is 0 Å². The molecule has 3 rings (SSSR count). The van der Waals surface area contributed by atoms with Crippen molar-refractivity contribution in [2.45, 2.75) is 51.7 Å². The molecule has 114 valence electrons. The second-order valence-corrected chi connectivity index (χ2v) is 7.90. The van der Waals surface area contributed by atoms with Gasteiger partial charge in [-0.05, 0) is 63.4 Å². The van der Waals surface area contributed by atoms with Crippen LogP contribution in [0.3, 0.4) is 0 Å². The quantitative estimate of drug-likeness (QED) is 0.868. The Kier molecular flexibility index (Phi) is 3.67. The van der Waals surface area contributed by atoms with Gasteiger partial charge in [0, 0.05) is 6.54 Å². The van der Waals surface area contributed by atoms with Crippen molar-refractivity contribution in [1.82, 2.24) is 5.32 Å². The summed E-state index contributed by atoms with van der Waals surface area (Å²) in [5.41, 5.74) is 0.220. The molecular weight excluding hydrogens is 285 g/mol. The second-order valence-electron chi connectivity index (χ2n) is 6.99. The van der Waals surface area contributed by atoms with E-state index < -0.39 is 7.12 Å². The summed E-state index contributed by atoms with van der Waals surface area (Å²) in [5, 5.41) is 4.94. The lowest BCUT2D eigenvalue weighted by Gasteiger charge is -2.32. The molecular formula is C15H22BNO3S. The molecule has 1 saturated heterocycles. The highest BCUT2D eigenvalue weighted by molar-refractivity contribution is 7.13. The second kappa shape index (κ2) is 5.11. The molecule has 21 heavy (non-hydrogen) atoms. The van der Waals surface area contributed by atoms with E-state index in [0.717, 1.165) is 16.9 Å². The lowest BCUT2D eigenvalue weighted by Crippen LogP contribution is -2.41. The van der Waals surface area contributed by atoms with Gasteiger partial charge in [0.15, 0.2) is 0 Å². The fraction of sp³-hybridized carbons (Fsp3) is 0.667. The fourth-order valence-corrected chi connectivity index (χ4v) is 3.04. The van der Waals surface area contributed by atoms with Gasteiger partial charge in [0.2, 0.25) is 0 Å². The van der Waals surface area contributed by atoms with Gasteiger partial charge in [-0.25, -0.2) is 0 Å². The van der Waals surface area contributed by atoms with Crippen molar-refractivity contribution in [3.63, 3.8) is 0 Å². The minimum absolute atomic E-state index is 0.00895. The molecule has 6 heteroatoms. The average Bonchev–Trinajstić information content (AvgIpc) is 3.02. The average molecular weight is 307 g/mol. The molecule has 1 saturated carbocycles. The molecule has 1 aromatic heterocycles. The number of amides is 1. The first-order valence-corrected chi connectivity index (χ1v) is 8.39. The van der Waals surface area contributed by atoms with Crippen molar-refractivity contribution in [1.29, 1.82) is 0 Å². The van der Waals surface area contributed by atoms with E-state index in [1.54, 1.807) is 0 Å². The minimum Gasteiger partial charge on any atom is -0.399 e. The van der Waals surface area contributed by atoms with Crippen LogP contribution in [0.15, 0.2) is 11.4 Å². The highest BCUT2D eigenvalue weighted by atomic mass is 32.1. The standard InChI is InChI=1S/C15H22BNO3S/c1-14(2)15(3,4)20-16(19-14)11-7-12(21-9-11)13(18)17-8-10-5-6-10/h7,9-10H,5-6,8H2,1-4H3,(H,17,18). The van der Waals surface area contributed by atoms with E-state index in [1.807, 2.05) is 39.1 Å². The summed E-state index contributed by atoms with van der Waals surface area (Å²) >= 11 is 1.44. The first-order chi connectivity index (χ1) is 9.78. The number of carbonyl (C=O) groups is 1. The van der Waals surface area contributed by atoms with Crippen molar-refractivity contribution in [3.8, 4) is 0 Å². The predicted octanol–water partition coefficient (Wildman–Crippen LogP) is 2.19. The summed E-state index contributed by atoms with van der Waals surface area (Å²) < 4.78 is 12.0. The van der Waals surface area contributed by atoms with E-state index in [1.165, 1.54) is 24.2 Å². The molecule has 0 radical (unpaired) electrons. The summed E-state index contributed by atoms with van der Waals surface area (Å²) in [6.07, 6.45) is 2.48. The third kappa shape index (κ3) is 3.03. The number of carbonyl (C=O) groups excluding carboxylic acids is 1. The zero-order valence-electron chi connectivity index (χ0n) is 13.1. The monoisotopic (exact) mass is 307 g/mol. The lowest BCUT2D eigenvalue weighted by molar-refractivity contribution is 0.00578. The Hall–Kier alpha value is -0.845. The smallest absolute Gasteiger partial charge is 0.399 e. The molecule has 0 unspecified atom stereocenters. The van der Waals surface area contributed by atoms with Crippen molar-refractivity contribution in [2.75, 3.05) is 6.54 Å². The predicted molar refractivity (Wildman–Crippen MR) is 85.1 cm³/mol. The molecule has 1 aliphatic heterocycles. The molecule has 1 aliphatic carbocycles. The molecule has 0 aromatic carbocycles. The van der Waals surface area contributed by atoms with Crippen LogP contribution in [0.5, 0.6) is 0 Å². The fourth-order valence-electron chi connectivity index (χ4n) is 2.22. The number of hydrogen-bond donors (Lipinski definition) is 1. The number of nitrogens with one attached hydrogen (secondary N) is 1. The van der Waals surface area contributed by atoms with Crippen LogP contribution in [0.25, 0.3) is 0 Å². The summed E-state index contributed by atoms with van der Waals surface area (Å²) in [5.74, 6) is 0.700. The highest BCUT2D eigenvalue weighted by Crippen LogP contribution is 2.36. The Bertz CT molecular complexity index is 535. The molecule has 1 aromatic rings. The summed E-state index contributed by atoms with van der Waals surface area (Å²) in [7, 11) is -0.392. The van der Waals surface area contributed by atoms with E-state index in [2.05, 4.69) is 5.32 Å². The van der Waals surface area contributed by atoms with Crippen molar-refractivity contribution in [3.05, 3.63) is 16.3 Å². The largest absolute Gasteiger partial charge is 0.495 e. The molecule has 1 N–H and O–H groups in total. The zero-order chi connectivity index (χ0) is 15.3. The van der Waals surface area contributed by atoms with Crippen molar-refractivity contribution < 1.29 is 14.1 Å². The summed E-state index contributed by atoms with van der Waals surface area (Å²) in [4.78, 5) is 12.8. The van der Waals surface area contributed by atoms with E-state index in [4.69, 9.17) is 9.31 Å².